The van der Waals surface area contributed by atoms with Crippen molar-refractivity contribution in [1.29, 1.82) is 0 Å². The summed E-state index contributed by atoms with van der Waals surface area (Å²) in [6.45, 7) is 4.51. The topological polar surface area (TPSA) is 94.3 Å². The van der Waals surface area contributed by atoms with Crippen molar-refractivity contribution in [3.8, 4) is 22.6 Å². The minimum Gasteiger partial charge on any atom is -0.493 e. The second kappa shape index (κ2) is 9.23. The molecule has 0 spiro atoms. The number of nitrogens with zero attached hydrogens (tertiary/aromatic N) is 4. The number of nitrogens with one attached hydrogen (secondary N) is 1. The zero-order valence-corrected chi connectivity index (χ0v) is 18.7. The lowest BCUT2D eigenvalue weighted by Crippen LogP contribution is -2.10. The van der Waals surface area contributed by atoms with Crippen LogP contribution in [0, 0.1) is 6.92 Å². The fourth-order valence-electron chi connectivity index (χ4n) is 3.70. The van der Waals surface area contributed by atoms with Gasteiger partial charge in [0.25, 0.3) is 0 Å². The molecule has 0 bridgehead atoms. The number of hydrogen-bond donors (Lipinski definition) is 2. The van der Waals surface area contributed by atoms with E-state index in [1.54, 1.807) is 18.9 Å². The van der Waals surface area contributed by atoms with Crippen LogP contribution in [0.1, 0.15) is 24.4 Å². The maximum atomic E-state index is 9.12. The third-order valence-electron chi connectivity index (χ3n) is 5.35. The molecule has 4 rings (SSSR count). The Kier molecular flexibility index (Phi) is 6.23. The van der Waals surface area contributed by atoms with Crippen LogP contribution < -0.4 is 14.8 Å². The van der Waals surface area contributed by atoms with Gasteiger partial charge in [0.05, 0.1) is 39.1 Å². The number of ether oxygens (including phenoxy) is 2. The van der Waals surface area contributed by atoms with Crippen LogP contribution in [0.2, 0.25) is 0 Å². The standard InChI is InChI=1S/C24H27N5O3/c1-15(17-6-5-7-18(10-17)19-13-25-29(14-19)8-9-30)26-24-20-11-22(31-3)23(32-4)12-21(20)27-16(2)28-24/h5-7,10-15,30H,8-9H2,1-4H3,(H,26,27,28). The van der Waals surface area contributed by atoms with Crippen molar-refractivity contribution in [2.75, 3.05) is 26.1 Å². The van der Waals surface area contributed by atoms with Gasteiger partial charge in [0.15, 0.2) is 11.5 Å². The maximum absolute atomic E-state index is 9.12. The first-order valence-electron chi connectivity index (χ1n) is 10.4. The monoisotopic (exact) mass is 433 g/mol. The van der Waals surface area contributed by atoms with Crippen molar-refractivity contribution in [1.82, 2.24) is 19.7 Å². The number of aryl methyl sites for hydroxylation is 1. The molecule has 32 heavy (non-hydrogen) atoms. The van der Waals surface area contributed by atoms with E-state index >= 15 is 0 Å². The van der Waals surface area contributed by atoms with E-state index in [1.807, 2.05) is 37.5 Å². The van der Waals surface area contributed by atoms with E-state index in [-0.39, 0.29) is 12.6 Å². The van der Waals surface area contributed by atoms with Crippen LogP contribution in [-0.2, 0) is 6.54 Å². The molecule has 0 saturated carbocycles. The molecule has 0 radical (unpaired) electrons. The van der Waals surface area contributed by atoms with E-state index in [9.17, 15) is 0 Å². The van der Waals surface area contributed by atoms with Crippen LogP contribution in [0.25, 0.3) is 22.0 Å². The second-order valence-corrected chi connectivity index (χ2v) is 7.55. The van der Waals surface area contributed by atoms with E-state index < -0.39 is 0 Å². The smallest absolute Gasteiger partial charge is 0.162 e. The zero-order chi connectivity index (χ0) is 22.7. The third kappa shape index (κ3) is 4.36. The number of rotatable bonds is 8. The lowest BCUT2D eigenvalue weighted by Gasteiger charge is -2.18. The van der Waals surface area contributed by atoms with Gasteiger partial charge in [-0.2, -0.15) is 5.10 Å². The summed E-state index contributed by atoms with van der Waals surface area (Å²) in [4.78, 5) is 9.20. The highest BCUT2D eigenvalue weighted by Crippen LogP contribution is 2.35. The van der Waals surface area contributed by atoms with Crippen molar-refractivity contribution < 1.29 is 14.6 Å². The zero-order valence-electron chi connectivity index (χ0n) is 18.7. The maximum Gasteiger partial charge on any atom is 0.162 e. The molecule has 8 heteroatoms. The van der Waals surface area contributed by atoms with Gasteiger partial charge < -0.3 is 19.9 Å². The number of aliphatic hydroxyl groups excluding tert-OH is 1. The summed E-state index contributed by atoms with van der Waals surface area (Å²) in [7, 11) is 3.22. The first kappa shape index (κ1) is 21.6. The number of fused-ring (bicyclic) bond motifs is 1. The van der Waals surface area contributed by atoms with E-state index in [1.165, 1.54) is 0 Å². The Morgan fingerprint density at radius 3 is 2.59 bits per heavy atom. The van der Waals surface area contributed by atoms with Crippen molar-refractivity contribution in [3.63, 3.8) is 0 Å². The molecule has 2 aromatic carbocycles. The lowest BCUT2D eigenvalue weighted by molar-refractivity contribution is 0.269. The molecule has 0 aliphatic carbocycles. The largest absolute Gasteiger partial charge is 0.493 e. The molecule has 4 aromatic rings. The first-order chi connectivity index (χ1) is 15.5. The van der Waals surface area contributed by atoms with Crippen LogP contribution in [-0.4, -0.2) is 45.7 Å². The molecule has 2 heterocycles. The van der Waals surface area contributed by atoms with E-state index in [4.69, 9.17) is 14.6 Å². The molecule has 2 aromatic heterocycles. The van der Waals surface area contributed by atoms with Crippen LogP contribution >= 0.6 is 0 Å². The van der Waals surface area contributed by atoms with Crippen molar-refractivity contribution in [2.45, 2.75) is 26.4 Å². The predicted molar refractivity (Wildman–Crippen MR) is 124 cm³/mol. The molecule has 0 aliphatic heterocycles. The predicted octanol–water partition coefficient (Wildman–Crippen LogP) is 3.98. The third-order valence-corrected chi connectivity index (χ3v) is 5.35. The summed E-state index contributed by atoms with van der Waals surface area (Å²) in [6, 6.07) is 12.1. The van der Waals surface area contributed by atoms with E-state index in [0.29, 0.717) is 23.9 Å². The first-order valence-corrected chi connectivity index (χ1v) is 10.4. The summed E-state index contributed by atoms with van der Waals surface area (Å²) >= 11 is 0. The van der Waals surface area contributed by atoms with Crippen LogP contribution in [0.3, 0.4) is 0 Å². The Balaban J connectivity index is 1.66. The van der Waals surface area contributed by atoms with E-state index in [2.05, 4.69) is 45.5 Å². The molecular weight excluding hydrogens is 406 g/mol. The fraction of sp³-hybridized carbons (Fsp3) is 0.292. The van der Waals surface area contributed by atoms with Crippen LogP contribution in [0.15, 0.2) is 48.8 Å². The Hall–Kier alpha value is -3.65. The van der Waals surface area contributed by atoms with Gasteiger partial charge in [-0.25, -0.2) is 9.97 Å². The quantitative estimate of drug-likeness (QED) is 0.434. The Bertz CT molecular complexity index is 1240. The average Bonchev–Trinajstić information content (AvgIpc) is 3.27. The summed E-state index contributed by atoms with van der Waals surface area (Å²) in [5.41, 5.74) is 3.97. The molecule has 8 nitrogen and oxygen atoms in total. The van der Waals surface area contributed by atoms with Crippen molar-refractivity contribution in [3.05, 3.63) is 60.2 Å². The Labute approximate surface area is 186 Å². The van der Waals surface area contributed by atoms with Gasteiger partial charge in [-0.3, -0.25) is 4.68 Å². The van der Waals surface area contributed by atoms with Gasteiger partial charge in [0, 0.05) is 29.3 Å². The SMILES string of the molecule is COc1cc2nc(C)nc(NC(C)c3cccc(-c4cnn(CCO)c4)c3)c2cc1OC. The Morgan fingerprint density at radius 2 is 1.84 bits per heavy atom. The molecular formula is C24H27N5O3. The molecule has 1 atom stereocenters. The highest BCUT2D eigenvalue weighted by molar-refractivity contribution is 5.92. The van der Waals surface area contributed by atoms with E-state index in [0.717, 1.165) is 33.4 Å². The number of aromatic nitrogens is 4. The summed E-state index contributed by atoms with van der Waals surface area (Å²) in [5, 5.41) is 17.8. The number of anilines is 1. The number of methoxy groups -OCH3 is 2. The summed E-state index contributed by atoms with van der Waals surface area (Å²) in [5.74, 6) is 2.67. The summed E-state index contributed by atoms with van der Waals surface area (Å²) < 4.78 is 12.6. The highest BCUT2D eigenvalue weighted by Gasteiger charge is 2.15. The normalized spacial score (nSPS) is 12.0. The summed E-state index contributed by atoms with van der Waals surface area (Å²) in [6.07, 6.45) is 3.75. The number of benzene rings is 2. The molecule has 166 valence electrons. The number of hydrogen-bond acceptors (Lipinski definition) is 7. The minimum atomic E-state index is -0.00645. The molecule has 0 aliphatic rings. The molecule has 0 fully saturated rings. The van der Waals surface area contributed by atoms with Gasteiger partial charge in [0.1, 0.15) is 11.6 Å². The fourth-order valence-corrected chi connectivity index (χ4v) is 3.70. The van der Waals surface area contributed by atoms with Gasteiger partial charge in [-0.1, -0.05) is 18.2 Å². The molecule has 2 N–H and O–H groups in total. The minimum absolute atomic E-state index is 0.00645. The van der Waals surface area contributed by atoms with Crippen LogP contribution in [0.5, 0.6) is 11.5 Å². The molecule has 1 unspecified atom stereocenters. The average molecular weight is 434 g/mol. The highest BCUT2D eigenvalue weighted by atomic mass is 16.5. The number of aliphatic hydroxyl groups is 1. The van der Waals surface area contributed by atoms with Crippen LogP contribution in [0.4, 0.5) is 5.82 Å². The van der Waals surface area contributed by atoms with Gasteiger partial charge in [-0.15, -0.1) is 0 Å². The molecule has 0 saturated heterocycles. The van der Waals surface area contributed by atoms with Crippen molar-refractivity contribution >= 4 is 16.7 Å². The molecule has 0 amide bonds. The Morgan fingerprint density at radius 1 is 1.06 bits per heavy atom. The second-order valence-electron chi connectivity index (χ2n) is 7.55. The van der Waals surface area contributed by atoms with Gasteiger partial charge >= 0.3 is 0 Å². The van der Waals surface area contributed by atoms with Gasteiger partial charge in [-0.05, 0) is 37.1 Å². The van der Waals surface area contributed by atoms with Gasteiger partial charge in [0.2, 0.25) is 0 Å². The lowest BCUT2D eigenvalue weighted by atomic mass is 10.0. The van der Waals surface area contributed by atoms with Crippen molar-refractivity contribution in [2.24, 2.45) is 0 Å².